The molecule has 0 unspecified atom stereocenters. The molecule has 0 amide bonds. The normalized spacial score (nSPS) is 11.2. The van der Waals surface area contributed by atoms with Crippen molar-refractivity contribution < 1.29 is 0 Å². The van der Waals surface area contributed by atoms with Crippen molar-refractivity contribution in [3.05, 3.63) is 0 Å². The Bertz CT molecular complexity index is 157. The Hall–Kier alpha value is -0.150. The molecule has 2 N–H and O–H groups in total. The van der Waals surface area contributed by atoms with E-state index in [2.05, 4.69) is 25.7 Å². The standard InChI is InChI=1S/C11H24N2S/c1-4-8-13(10(2)3)9-6-5-7-11(12)14/h10H,4-9H2,1-3H3,(H2,12,14). The quantitative estimate of drug-likeness (QED) is 0.499. The number of rotatable bonds is 8. The maximum Gasteiger partial charge on any atom is 0.0727 e. The number of thiocarbonyl (C=S) groups is 1. The van der Waals surface area contributed by atoms with Crippen LogP contribution in [0.3, 0.4) is 0 Å². The Morgan fingerprint density at radius 3 is 2.36 bits per heavy atom. The number of unbranched alkanes of at least 4 members (excludes halogenated alkanes) is 1. The van der Waals surface area contributed by atoms with Crippen molar-refractivity contribution in [2.24, 2.45) is 5.73 Å². The number of nitrogens with two attached hydrogens (primary N) is 1. The zero-order chi connectivity index (χ0) is 11.0. The second kappa shape index (κ2) is 8.18. The summed E-state index contributed by atoms with van der Waals surface area (Å²) < 4.78 is 0. The van der Waals surface area contributed by atoms with E-state index in [1.165, 1.54) is 25.9 Å². The lowest BCUT2D eigenvalue weighted by molar-refractivity contribution is 0.218. The van der Waals surface area contributed by atoms with Gasteiger partial charge in [-0.1, -0.05) is 19.1 Å². The summed E-state index contributed by atoms with van der Waals surface area (Å²) in [6, 6.07) is 0.653. The Morgan fingerprint density at radius 1 is 1.29 bits per heavy atom. The summed E-state index contributed by atoms with van der Waals surface area (Å²) in [4.78, 5) is 3.16. The van der Waals surface area contributed by atoms with Crippen molar-refractivity contribution in [3.8, 4) is 0 Å². The van der Waals surface area contributed by atoms with Crippen LogP contribution in [0.4, 0.5) is 0 Å². The summed E-state index contributed by atoms with van der Waals surface area (Å²) >= 11 is 4.84. The molecule has 0 aromatic heterocycles. The lowest BCUT2D eigenvalue weighted by atomic mass is 10.2. The average Bonchev–Trinajstić information content (AvgIpc) is 2.09. The summed E-state index contributed by atoms with van der Waals surface area (Å²) in [6.45, 7) is 9.11. The molecule has 84 valence electrons. The van der Waals surface area contributed by atoms with Crippen molar-refractivity contribution in [2.75, 3.05) is 13.1 Å². The monoisotopic (exact) mass is 216 g/mol. The third-order valence-electron chi connectivity index (χ3n) is 2.36. The highest BCUT2D eigenvalue weighted by atomic mass is 32.1. The smallest absolute Gasteiger partial charge is 0.0727 e. The van der Waals surface area contributed by atoms with Crippen LogP contribution in [0.25, 0.3) is 0 Å². The zero-order valence-corrected chi connectivity index (χ0v) is 10.6. The molecule has 3 heteroatoms. The summed E-state index contributed by atoms with van der Waals surface area (Å²) in [5.74, 6) is 0. The SMILES string of the molecule is CCCN(CCCCC(N)=S)C(C)C. The molecule has 14 heavy (non-hydrogen) atoms. The summed E-state index contributed by atoms with van der Waals surface area (Å²) in [7, 11) is 0. The molecule has 2 nitrogen and oxygen atoms in total. The summed E-state index contributed by atoms with van der Waals surface area (Å²) in [5.41, 5.74) is 5.45. The van der Waals surface area contributed by atoms with E-state index >= 15 is 0 Å². The molecule has 0 atom stereocenters. The zero-order valence-electron chi connectivity index (χ0n) is 9.75. The van der Waals surface area contributed by atoms with Gasteiger partial charge in [0.15, 0.2) is 0 Å². The van der Waals surface area contributed by atoms with Crippen molar-refractivity contribution in [1.29, 1.82) is 0 Å². The molecule has 0 aromatic carbocycles. The Kier molecular flexibility index (Phi) is 8.09. The van der Waals surface area contributed by atoms with Crippen molar-refractivity contribution in [1.82, 2.24) is 4.90 Å². The van der Waals surface area contributed by atoms with Crippen LogP contribution in [0, 0.1) is 0 Å². The van der Waals surface area contributed by atoms with Crippen molar-refractivity contribution in [3.63, 3.8) is 0 Å². The van der Waals surface area contributed by atoms with Gasteiger partial charge in [-0.25, -0.2) is 0 Å². The first-order chi connectivity index (χ1) is 6.57. The highest BCUT2D eigenvalue weighted by Crippen LogP contribution is 2.04. The van der Waals surface area contributed by atoms with E-state index in [1.807, 2.05) is 0 Å². The minimum atomic E-state index is 0.650. The van der Waals surface area contributed by atoms with Gasteiger partial charge < -0.3 is 10.6 Å². The Morgan fingerprint density at radius 2 is 1.93 bits per heavy atom. The number of nitrogens with zero attached hydrogens (tertiary/aromatic N) is 1. The Labute approximate surface area is 93.8 Å². The number of hydrogen-bond donors (Lipinski definition) is 1. The van der Waals surface area contributed by atoms with E-state index in [4.69, 9.17) is 18.0 Å². The molecule has 0 bridgehead atoms. The van der Waals surface area contributed by atoms with Crippen LogP contribution in [0.2, 0.25) is 0 Å². The maximum atomic E-state index is 5.45. The van der Waals surface area contributed by atoms with E-state index in [0.29, 0.717) is 11.0 Å². The molecular formula is C11H24N2S. The maximum absolute atomic E-state index is 5.45. The van der Waals surface area contributed by atoms with Crippen LogP contribution in [0.15, 0.2) is 0 Å². The largest absolute Gasteiger partial charge is 0.393 e. The van der Waals surface area contributed by atoms with Gasteiger partial charge in [0.2, 0.25) is 0 Å². The van der Waals surface area contributed by atoms with E-state index in [0.717, 1.165) is 12.8 Å². The molecule has 0 aliphatic heterocycles. The first-order valence-corrected chi connectivity index (χ1v) is 6.01. The van der Waals surface area contributed by atoms with Crippen LogP contribution in [-0.2, 0) is 0 Å². The lowest BCUT2D eigenvalue weighted by Crippen LogP contribution is -2.32. The van der Waals surface area contributed by atoms with E-state index < -0.39 is 0 Å². The van der Waals surface area contributed by atoms with Crippen molar-refractivity contribution in [2.45, 2.75) is 52.5 Å². The third-order valence-corrected chi connectivity index (χ3v) is 2.56. The van der Waals surface area contributed by atoms with E-state index in [9.17, 15) is 0 Å². The predicted octanol–water partition coefficient (Wildman–Crippen LogP) is 2.56. The molecule has 0 fully saturated rings. The van der Waals surface area contributed by atoms with Gasteiger partial charge in [-0.15, -0.1) is 0 Å². The van der Waals surface area contributed by atoms with Crippen molar-refractivity contribution >= 4 is 17.2 Å². The molecular weight excluding hydrogens is 192 g/mol. The second-order valence-corrected chi connectivity index (χ2v) is 4.58. The van der Waals surface area contributed by atoms with Gasteiger partial charge in [0.05, 0.1) is 4.99 Å². The third kappa shape index (κ3) is 7.27. The highest BCUT2D eigenvalue weighted by molar-refractivity contribution is 7.80. The minimum absolute atomic E-state index is 0.650. The topological polar surface area (TPSA) is 29.3 Å². The molecule has 0 saturated carbocycles. The van der Waals surface area contributed by atoms with Gasteiger partial charge in [-0.2, -0.15) is 0 Å². The van der Waals surface area contributed by atoms with Crippen LogP contribution >= 0.6 is 12.2 Å². The highest BCUT2D eigenvalue weighted by Gasteiger charge is 2.06. The molecule has 0 aromatic rings. The van der Waals surface area contributed by atoms with Gasteiger partial charge in [0.1, 0.15) is 0 Å². The Balaban J connectivity index is 3.55. The second-order valence-electron chi connectivity index (χ2n) is 4.05. The fraction of sp³-hybridized carbons (Fsp3) is 0.909. The van der Waals surface area contributed by atoms with Crippen LogP contribution in [0.5, 0.6) is 0 Å². The minimum Gasteiger partial charge on any atom is -0.393 e. The molecule has 0 saturated heterocycles. The van der Waals surface area contributed by atoms with Gasteiger partial charge in [0.25, 0.3) is 0 Å². The van der Waals surface area contributed by atoms with Gasteiger partial charge >= 0.3 is 0 Å². The van der Waals surface area contributed by atoms with Crippen LogP contribution in [0.1, 0.15) is 46.5 Å². The molecule has 0 aliphatic rings. The van der Waals surface area contributed by atoms with Gasteiger partial charge in [-0.3, -0.25) is 0 Å². The molecule has 0 rings (SSSR count). The van der Waals surface area contributed by atoms with Gasteiger partial charge in [0, 0.05) is 6.04 Å². The first-order valence-electron chi connectivity index (χ1n) is 5.60. The van der Waals surface area contributed by atoms with Crippen LogP contribution < -0.4 is 5.73 Å². The summed E-state index contributed by atoms with van der Waals surface area (Å²) in [5, 5.41) is 0. The lowest BCUT2D eigenvalue weighted by Gasteiger charge is -2.25. The molecule has 0 radical (unpaired) electrons. The molecule has 0 heterocycles. The molecule has 0 spiro atoms. The fourth-order valence-electron chi connectivity index (χ4n) is 1.53. The van der Waals surface area contributed by atoms with Crippen LogP contribution in [-0.4, -0.2) is 29.0 Å². The molecule has 0 aliphatic carbocycles. The number of hydrogen-bond acceptors (Lipinski definition) is 2. The predicted molar refractivity (Wildman–Crippen MR) is 67.6 cm³/mol. The fourth-order valence-corrected chi connectivity index (χ4v) is 1.67. The van der Waals surface area contributed by atoms with E-state index in [1.54, 1.807) is 0 Å². The first kappa shape index (κ1) is 13.8. The van der Waals surface area contributed by atoms with Gasteiger partial charge in [-0.05, 0) is 52.6 Å². The average molecular weight is 216 g/mol. The van der Waals surface area contributed by atoms with E-state index in [-0.39, 0.29) is 0 Å². The summed E-state index contributed by atoms with van der Waals surface area (Å²) in [6.07, 6.45) is 4.46.